The number of carbonyl (C=O) groups excluding carboxylic acids is 1. The molecule has 4 nitrogen and oxygen atoms in total. The summed E-state index contributed by atoms with van der Waals surface area (Å²) in [5.74, 6) is 0.430. The number of hydrogen-bond acceptors (Lipinski definition) is 4. The van der Waals surface area contributed by atoms with Gasteiger partial charge in [0.1, 0.15) is 0 Å². The molecule has 0 amide bonds. The van der Waals surface area contributed by atoms with E-state index in [4.69, 9.17) is 10.5 Å². The number of nitrogens with two attached hydrogens (primary N) is 1. The first-order chi connectivity index (χ1) is 8.95. The Bertz CT molecular complexity index is 430. The Balaban J connectivity index is 2.79. The highest BCUT2D eigenvalue weighted by Gasteiger charge is 2.14. The predicted octanol–water partition coefficient (Wildman–Crippen LogP) is 2.94. The topological polar surface area (TPSA) is 64.3 Å². The molecule has 1 aromatic rings. The van der Waals surface area contributed by atoms with Crippen LogP contribution < -0.4 is 11.1 Å². The monoisotopic (exact) mass is 264 g/mol. The number of benzene rings is 1. The highest BCUT2D eigenvalue weighted by atomic mass is 16.5. The van der Waals surface area contributed by atoms with Crippen molar-refractivity contribution >= 4 is 17.2 Å². The third-order valence-electron chi connectivity index (χ3n) is 3.09. The first-order valence-corrected chi connectivity index (χ1v) is 6.70. The van der Waals surface area contributed by atoms with Crippen LogP contribution in [0.5, 0.6) is 0 Å². The molecule has 1 rings (SSSR count). The molecule has 0 radical (unpaired) electrons. The normalized spacial score (nSPS) is 12.5. The molecule has 4 heteroatoms. The van der Waals surface area contributed by atoms with Crippen molar-refractivity contribution in [1.82, 2.24) is 0 Å². The van der Waals surface area contributed by atoms with E-state index in [1.54, 1.807) is 12.1 Å². The van der Waals surface area contributed by atoms with E-state index in [1.165, 1.54) is 6.92 Å². The third kappa shape index (κ3) is 4.56. The summed E-state index contributed by atoms with van der Waals surface area (Å²) in [6.07, 6.45) is 0. The standard InChI is InChI=1S/C15H24N2O2/c1-5-19-9-15(10(2)3)17-12-6-7-13(11(4)18)14(16)8-12/h6-8,10,15,17H,5,9,16H2,1-4H3. The van der Waals surface area contributed by atoms with Gasteiger partial charge in [0, 0.05) is 23.5 Å². The van der Waals surface area contributed by atoms with Crippen molar-refractivity contribution in [2.45, 2.75) is 33.7 Å². The molecule has 1 unspecified atom stereocenters. The van der Waals surface area contributed by atoms with Crippen LogP contribution in [0.4, 0.5) is 11.4 Å². The number of Topliss-reactive ketones (excluding diaryl/α,β-unsaturated/α-hetero) is 1. The summed E-state index contributed by atoms with van der Waals surface area (Å²) < 4.78 is 5.47. The SMILES string of the molecule is CCOCC(Nc1ccc(C(C)=O)c(N)c1)C(C)C. The van der Waals surface area contributed by atoms with E-state index in [1.807, 2.05) is 13.0 Å². The lowest BCUT2D eigenvalue weighted by Gasteiger charge is -2.23. The minimum atomic E-state index is -0.0150. The number of anilines is 2. The van der Waals surface area contributed by atoms with Gasteiger partial charge in [0.25, 0.3) is 0 Å². The number of ketones is 1. The van der Waals surface area contributed by atoms with Gasteiger partial charge in [-0.2, -0.15) is 0 Å². The second kappa shape index (κ2) is 7.14. The summed E-state index contributed by atoms with van der Waals surface area (Å²) in [6.45, 7) is 9.15. The molecule has 0 aliphatic heterocycles. The fourth-order valence-corrected chi connectivity index (χ4v) is 1.83. The molecule has 1 aromatic carbocycles. The fourth-order valence-electron chi connectivity index (χ4n) is 1.83. The molecule has 1 atom stereocenters. The van der Waals surface area contributed by atoms with Gasteiger partial charge in [-0.3, -0.25) is 4.79 Å². The van der Waals surface area contributed by atoms with Crippen molar-refractivity contribution in [3.8, 4) is 0 Å². The van der Waals surface area contributed by atoms with Gasteiger partial charge >= 0.3 is 0 Å². The second-order valence-corrected chi connectivity index (χ2v) is 5.01. The van der Waals surface area contributed by atoms with Gasteiger partial charge in [0.15, 0.2) is 5.78 Å². The Kier molecular flexibility index (Phi) is 5.83. The summed E-state index contributed by atoms with van der Waals surface area (Å²) >= 11 is 0. The average molecular weight is 264 g/mol. The van der Waals surface area contributed by atoms with Crippen LogP contribution in [0.2, 0.25) is 0 Å². The van der Waals surface area contributed by atoms with Crippen LogP contribution in [-0.4, -0.2) is 25.0 Å². The Labute approximate surface area is 115 Å². The zero-order chi connectivity index (χ0) is 14.4. The Morgan fingerprint density at radius 1 is 1.42 bits per heavy atom. The summed E-state index contributed by atoms with van der Waals surface area (Å²) in [5.41, 5.74) is 7.88. The smallest absolute Gasteiger partial charge is 0.161 e. The molecular weight excluding hydrogens is 240 g/mol. The molecule has 3 N–H and O–H groups in total. The molecule has 0 spiro atoms. The quantitative estimate of drug-likeness (QED) is 0.587. The van der Waals surface area contributed by atoms with Crippen LogP contribution in [-0.2, 0) is 4.74 Å². The lowest BCUT2D eigenvalue weighted by atomic mass is 10.0. The van der Waals surface area contributed by atoms with Crippen molar-refractivity contribution in [2.75, 3.05) is 24.3 Å². The lowest BCUT2D eigenvalue weighted by Crippen LogP contribution is -2.31. The number of carbonyl (C=O) groups is 1. The largest absolute Gasteiger partial charge is 0.398 e. The van der Waals surface area contributed by atoms with Crippen molar-refractivity contribution in [3.63, 3.8) is 0 Å². The number of hydrogen-bond donors (Lipinski definition) is 2. The van der Waals surface area contributed by atoms with E-state index in [-0.39, 0.29) is 11.8 Å². The maximum absolute atomic E-state index is 11.3. The minimum Gasteiger partial charge on any atom is -0.398 e. The average Bonchev–Trinajstić information content (AvgIpc) is 2.33. The van der Waals surface area contributed by atoms with E-state index in [0.29, 0.717) is 30.4 Å². The molecule has 0 saturated heterocycles. The molecule has 0 saturated carbocycles. The summed E-state index contributed by atoms with van der Waals surface area (Å²) in [4.78, 5) is 11.3. The molecule has 0 aliphatic rings. The fraction of sp³-hybridized carbons (Fsp3) is 0.533. The number of rotatable bonds is 7. The van der Waals surface area contributed by atoms with Crippen LogP contribution >= 0.6 is 0 Å². The van der Waals surface area contributed by atoms with Crippen LogP contribution in [0.1, 0.15) is 38.1 Å². The first kappa shape index (κ1) is 15.5. The van der Waals surface area contributed by atoms with Gasteiger partial charge < -0.3 is 15.8 Å². The highest BCUT2D eigenvalue weighted by Crippen LogP contribution is 2.20. The van der Waals surface area contributed by atoms with Crippen LogP contribution in [0.15, 0.2) is 18.2 Å². The summed E-state index contributed by atoms with van der Waals surface area (Å²) in [6, 6.07) is 5.67. The van der Waals surface area contributed by atoms with Gasteiger partial charge in [-0.05, 0) is 38.0 Å². The number of nitrogens with one attached hydrogen (secondary N) is 1. The Morgan fingerprint density at radius 2 is 2.11 bits per heavy atom. The van der Waals surface area contributed by atoms with E-state index in [2.05, 4.69) is 19.2 Å². The minimum absolute atomic E-state index is 0.0150. The van der Waals surface area contributed by atoms with Gasteiger partial charge in [-0.1, -0.05) is 13.8 Å². The van der Waals surface area contributed by atoms with Crippen molar-refractivity contribution in [3.05, 3.63) is 23.8 Å². The zero-order valence-electron chi connectivity index (χ0n) is 12.2. The Morgan fingerprint density at radius 3 is 2.58 bits per heavy atom. The Hall–Kier alpha value is -1.55. The van der Waals surface area contributed by atoms with Gasteiger partial charge in [-0.25, -0.2) is 0 Å². The number of ether oxygens (including phenoxy) is 1. The van der Waals surface area contributed by atoms with Gasteiger partial charge in [0.05, 0.1) is 12.6 Å². The predicted molar refractivity (Wildman–Crippen MR) is 79.6 cm³/mol. The van der Waals surface area contributed by atoms with Gasteiger partial charge in [0.2, 0.25) is 0 Å². The maximum atomic E-state index is 11.3. The van der Waals surface area contributed by atoms with Crippen molar-refractivity contribution in [1.29, 1.82) is 0 Å². The van der Waals surface area contributed by atoms with E-state index in [0.717, 1.165) is 5.69 Å². The summed E-state index contributed by atoms with van der Waals surface area (Å²) in [5, 5.41) is 3.40. The molecule has 19 heavy (non-hydrogen) atoms. The highest BCUT2D eigenvalue weighted by molar-refractivity contribution is 5.99. The van der Waals surface area contributed by atoms with Crippen LogP contribution in [0, 0.1) is 5.92 Å². The van der Waals surface area contributed by atoms with Gasteiger partial charge in [-0.15, -0.1) is 0 Å². The maximum Gasteiger partial charge on any atom is 0.161 e. The molecular formula is C15H24N2O2. The number of nitrogen functional groups attached to an aromatic ring is 1. The first-order valence-electron chi connectivity index (χ1n) is 6.70. The molecule has 0 fully saturated rings. The molecule has 106 valence electrons. The lowest BCUT2D eigenvalue weighted by molar-refractivity contribution is 0.101. The second-order valence-electron chi connectivity index (χ2n) is 5.01. The molecule has 0 aromatic heterocycles. The van der Waals surface area contributed by atoms with Crippen LogP contribution in [0.3, 0.4) is 0 Å². The van der Waals surface area contributed by atoms with E-state index >= 15 is 0 Å². The third-order valence-corrected chi connectivity index (χ3v) is 3.09. The van der Waals surface area contributed by atoms with Crippen molar-refractivity contribution in [2.24, 2.45) is 5.92 Å². The molecule has 0 heterocycles. The molecule has 0 bridgehead atoms. The van der Waals surface area contributed by atoms with E-state index in [9.17, 15) is 4.79 Å². The van der Waals surface area contributed by atoms with Crippen molar-refractivity contribution < 1.29 is 9.53 Å². The summed E-state index contributed by atoms with van der Waals surface area (Å²) in [7, 11) is 0. The molecule has 0 aliphatic carbocycles. The van der Waals surface area contributed by atoms with Crippen LogP contribution in [0.25, 0.3) is 0 Å². The zero-order valence-corrected chi connectivity index (χ0v) is 12.2. The van der Waals surface area contributed by atoms with E-state index < -0.39 is 0 Å².